The lowest BCUT2D eigenvalue weighted by atomic mass is 9.95. The predicted molar refractivity (Wildman–Crippen MR) is 80.7 cm³/mol. The summed E-state index contributed by atoms with van der Waals surface area (Å²) >= 11 is 0. The second-order valence-electron chi connectivity index (χ2n) is 7.21. The molecule has 0 aromatic heterocycles. The van der Waals surface area contributed by atoms with E-state index in [2.05, 4.69) is 24.1 Å². The van der Waals surface area contributed by atoms with Gasteiger partial charge >= 0.3 is 0 Å². The van der Waals surface area contributed by atoms with Gasteiger partial charge in [-0.3, -0.25) is 14.5 Å². The molecule has 5 heteroatoms. The Morgan fingerprint density at radius 2 is 1.95 bits per heavy atom. The molecule has 3 fully saturated rings. The minimum Gasteiger partial charge on any atom is -0.343 e. The van der Waals surface area contributed by atoms with Crippen LogP contribution in [0.4, 0.5) is 0 Å². The van der Waals surface area contributed by atoms with Crippen LogP contribution in [0.1, 0.15) is 46.5 Å². The zero-order valence-electron chi connectivity index (χ0n) is 13.3. The summed E-state index contributed by atoms with van der Waals surface area (Å²) in [7, 11) is 0. The van der Waals surface area contributed by atoms with Crippen LogP contribution in [0.5, 0.6) is 0 Å². The molecule has 3 aliphatic rings. The molecule has 0 radical (unpaired) electrons. The molecule has 3 aliphatic heterocycles. The Morgan fingerprint density at radius 1 is 1.19 bits per heavy atom. The van der Waals surface area contributed by atoms with Crippen LogP contribution in [0.15, 0.2) is 0 Å². The third-order valence-electron chi connectivity index (χ3n) is 5.30. The molecule has 2 amide bonds. The van der Waals surface area contributed by atoms with Crippen molar-refractivity contribution in [3.63, 3.8) is 0 Å². The van der Waals surface area contributed by atoms with Crippen LogP contribution >= 0.6 is 0 Å². The summed E-state index contributed by atoms with van der Waals surface area (Å²) in [6.45, 7) is 8.28. The van der Waals surface area contributed by atoms with Crippen molar-refractivity contribution in [3.05, 3.63) is 0 Å². The van der Waals surface area contributed by atoms with Gasteiger partial charge in [0.2, 0.25) is 11.8 Å². The highest BCUT2D eigenvalue weighted by Gasteiger charge is 2.48. The van der Waals surface area contributed by atoms with Crippen LogP contribution in [-0.2, 0) is 9.59 Å². The first-order valence-electron chi connectivity index (χ1n) is 8.35. The second kappa shape index (κ2) is 5.59. The van der Waals surface area contributed by atoms with E-state index >= 15 is 0 Å². The number of rotatable bonds is 3. The molecule has 4 atom stereocenters. The number of hydrogen-bond donors (Lipinski definition) is 1. The standard InChI is InChI=1S/C16H27N3O2/c1-10(2)9-12-16(21)19(11(3)15(20)17-12)14-6-8-18-7-4-5-13(14)18/h10-14H,4-9H2,1-3H3,(H,17,20). The van der Waals surface area contributed by atoms with Gasteiger partial charge in [-0.05, 0) is 45.1 Å². The zero-order chi connectivity index (χ0) is 15.1. The summed E-state index contributed by atoms with van der Waals surface area (Å²) < 4.78 is 0. The highest BCUT2D eigenvalue weighted by molar-refractivity contribution is 5.97. The summed E-state index contributed by atoms with van der Waals surface area (Å²) in [6, 6.07) is 0.0494. The maximum absolute atomic E-state index is 12.9. The summed E-state index contributed by atoms with van der Waals surface area (Å²) in [5.74, 6) is 0.548. The predicted octanol–water partition coefficient (Wildman–Crippen LogP) is 0.985. The Kier molecular flexibility index (Phi) is 3.95. The van der Waals surface area contributed by atoms with E-state index in [1.54, 1.807) is 0 Å². The lowest BCUT2D eigenvalue weighted by Crippen LogP contribution is -2.66. The SMILES string of the molecule is CC(C)CC1NC(=O)C(C)N(C2CCN3CCCC23)C1=O. The van der Waals surface area contributed by atoms with Gasteiger partial charge in [0.25, 0.3) is 0 Å². The van der Waals surface area contributed by atoms with Crippen molar-refractivity contribution in [3.8, 4) is 0 Å². The van der Waals surface area contributed by atoms with Crippen molar-refractivity contribution in [1.29, 1.82) is 0 Å². The van der Waals surface area contributed by atoms with Crippen molar-refractivity contribution < 1.29 is 9.59 Å². The molecule has 0 bridgehead atoms. The Morgan fingerprint density at radius 3 is 2.67 bits per heavy atom. The lowest BCUT2D eigenvalue weighted by Gasteiger charge is -2.43. The van der Waals surface area contributed by atoms with E-state index in [0.717, 1.165) is 32.4 Å². The van der Waals surface area contributed by atoms with E-state index in [0.29, 0.717) is 12.0 Å². The molecule has 3 saturated heterocycles. The number of fused-ring (bicyclic) bond motifs is 1. The van der Waals surface area contributed by atoms with Gasteiger partial charge in [0.05, 0.1) is 0 Å². The van der Waals surface area contributed by atoms with Gasteiger partial charge in [0.15, 0.2) is 0 Å². The van der Waals surface area contributed by atoms with Crippen LogP contribution < -0.4 is 5.32 Å². The van der Waals surface area contributed by atoms with Gasteiger partial charge in [0, 0.05) is 18.6 Å². The minimum absolute atomic E-state index is 0.0108. The van der Waals surface area contributed by atoms with E-state index in [-0.39, 0.29) is 29.9 Å². The molecule has 0 spiro atoms. The monoisotopic (exact) mass is 293 g/mol. The Labute approximate surface area is 127 Å². The molecule has 3 heterocycles. The molecular weight excluding hydrogens is 266 g/mol. The first kappa shape index (κ1) is 14.8. The lowest BCUT2D eigenvalue weighted by molar-refractivity contribution is -0.152. The molecule has 118 valence electrons. The van der Waals surface area contributed by atoms with E-state index < -0.39 is 0 Å². The quantitative estimate of drug-likeness (QED) is 0.844. The summed E-state index contributed by atoms with van der Waals surface area (Å²) in [5.41, 5.74) is 0. The highest BCUT2D eigenvalue weighted by Crippen LogP contribution is 2.33. The average Bonchev–Trinajstić information content (AvgIpc) is 3.00. The number of carbonyl (C=O) groups excluding carboxylic acids is 2. The number of nitrogens with one attached hydrogen (secondary N) is 1. The molecule has 0 saturated carbocycles. The molecule has 0 aliphatic carbocycles. The average molecular weight is 293 g/mol. The number of hydrogen-bond acceptors (Lipinski definition) is 3. The molecule has 21 heavy (non-hydrogen) atoms. The van der Waals surface area contributed by atoms with Gasteiger partial charge in [-0.2, -0.15) is 0 Å². The molecule has 1 N–H and O–H groups in total. The van der Waals surface area contributed by atoms with Crippen LogP contribution in [0.2, 0.25) is 0 Å². The largest absolute Gasteiger partial charge is 0.343 e. The summed E-state index contributed by atoms with van der Waals surface area (Å²) in [5, 5.41) is 2.92. The molecule has 3 rings (SSSR count). The van der Waals surface area contributed by atoms with E-state index in [9.17, 15) is 9.59 Å². The number of amides is 2. The van der Waals surface area contributed by atoms with Gasteiger partial charge in [0.1, 0.15) is 12.1 Å². The van der Waals surface area contributed by atoms with Crippen LogP contribution in [-0.4, -0.2) is 58.9 Å². The fraction of sp³-hybridized carbons (Fsp3) is 0.875. The second-order valence-corrected chi connectivity index (χ2v) is 7.21. The normalized spacial score (nSPS) is 37.2. The minimum atomic E-state index is -0.329. The fourth-order valence-electron chi connectivity index (χ4n) is 4.31. The van der Waals surface area contributed by atoms with Crippen molar-refractivity contribution in [2.24, 2.45) is 5.92 Å². The zero-order valence-corrected chi connectivity index (χ0v) is 13.3. The summed E-state index contributed by atoms with van der Waals surface area (Å²) in [6.07, 6.45) is 4.13. The van der Waals surface area contributed by atoms with Crippen molar-refractivity contribution in [2.75, 3.05) is 13.1 Å². The first-order valence-corrected chi connectivity index (χ1v) is 8.35. The molecule has 0 aromatic carbocycles. The van der Waals surface area contributed by atoms with Crippen LogP contribution in [0.25, 0.3) is 0 Å². The Bertz CT molecular complexity index is 437. The number of nitrogens with zero attached hydrogens (tertiary/aromatic N) is 2. The third-order valence-corrected chi connectivity index (χ3v) is 5.30. The van der Waals surface area contributed by atoms with Gasteiger partial charge in [-0.1, -0.05) is 13.8 Å². The van der Waals surface area contributed by atoms with Gasteiger partial charge in [-0.25, -0.2) is 0 Å². The summed E-state index contributed by atoms with van der Waals surface area (Å²) in [4.78, 5) is 29.6. The van der Waals surface area contributed by atoms with E-state index in [1.165, 1.54) is 6.42 Å². The maximum atomic E-state index is 12.9. The van der Waals surface area contributed by atoms with Crippen LogP contribution in [0.3, 0.4) is 0 Å². The highest BCUT2D eigenvalue weighted by atomic mass is 16.2. The van der Waals surface area contributed by atoms with E-state index in [1.807, 2.05) is 11.8 Å². The number of carbonyl (C=O) groups is 2. The van der Waals surface area contributed by atoms with Gasteiger partial charge < -0.3 is 10.2 Å². The first-order chi connectivity index (χ1) is 9.99. The Hall–Kier alpha value is -1.10. The molecule has 0 aromatic rings. The molecule has 4 unspecified atom stereocenters. The van der Waals surface area contributed by atoms with Crippen molar-refractivity contribution in [1.82, 2.24) is 15.1 Å². The van der Waals surface area contributed by atoms with E-state index in [4.69, 9.17) is 0 Å². The van der Waals surface area contributed by atoms with Crippen molar-refractivity contribution >= 4 is 11.8 Å². The Balaban J connectivity index is 1.81. The third kappa shape index (κ3) is 2.56. The van der Waals surface area contributed by atoms with Crippen molar-refractivity contribution in [2.45, 2.75) is 70.6 Å². The van der Waals surface area contributed by atoms with Gasteiger partial charge in [-0.15, -0.1) is 0 Å². The molecule has 5 nitrogen and oxygen atoms in total. The van der Waals surface area contributed by atoms with Crippen LogP contribution in [0, 0.1) is 5.92 Å². The smallest absolute Gasteiger partial charge is 0.246 e. The number of piperazine rings is 1. The topological polar surface area (TPSA) is 52.7 Å². The maximum Gasteiger partial charge on any atom is 0.246 e. The molecular formula is C16H27N3O2. The fourth-order valence-corrected chi connectivity index (χ4v) is 4.31.